The van der Waals surface area contributed by atoms with Gasteiger partial charge in [0, 0.05) is 24.5 Å². The van der Waals surface area contributed by atoms with E-state index in [2.05, 4.69) is 32.8 Å². The van der Waals surface area contributed by atoms with Crippen LogP contribution in [0, 0.1) is 11.3 Å². The zero-order valence-corrected chi connectivity index (χ0v) is 14.0. The summed E-state index contributed by atoms with van der Waals surface area (Å²) < 4.78 is 0. The lowest BCUT2D eigenvalue weighted by atomic mass is 9.82. The van der Waals surface area contributed by atoms with Crippen LogP contribution in [0.25, 0.3) is 0 Å². The molecular weight excluding hydrogens is 300 g/mol. The molecule has 2 aliphatic heterocycles. The van der Waals surface area contributed by atoms with Gasteiger partial charge in [0.15, 0.2) is 0 Å². The second-order valence-corrected chi connectivity index (χ2v) is 7.88. The SMILES string of the molecule is CN1CCCC2CN(CC3(CBr)CCCC3)CCC21. The molecule has 0 bridgehead atoms. The fraction of sp³-hybridized carbons (Fsp3) is 1.00. The van der Waals surface area contributed by atoms with Crippen molar-refractivity contribution in [2.24, 2.45) is 11.3 Å². The molecule has 0 aromatic rings. The van der Waals surface area contributed by atoms with Crippen molar-refractivity contribution in [1.29, 1.82) is 0 Å². The predicted octanol–water partition coefficient (Wildman–Crippen LogP) is 3.36. The minimum absolute atomic E-state index is 0.605. The first-order valence-corrected chi connectivity index (χ1v) is 9.33. The first-order chi connectivity index (χ1) is 9.22. The van der Waals surface area contributed by atoms with Gasteiger partial charge in [-0.15, -0.1) is 0 Å². The molecular formula is C16H29BrN2. The Balaban J connectivity index is 1.58. The molecule has 2 saturated heterocycles. The normalized spacial score (nSPS) is 36.3. The minimum Gasteiger partial charge on any atom is -0.303 e. The molecule has 2 unspecified atom stereocenters. The monoisotopic (exact) mass is 328 g/mol. The van der Waals surface area contributed by atoms with E-state index >= 15 is 0 Å². The standard InChI is InChI=1S/C16H29BrN2/c1-18-9-4-5-14-11-19(10-6-15(14)18)13-16(12-17)7-2-3-8-16/h14-15H,2-13H2,1H3. The van der Waals surface area contributed by atoms with Crippen molar-refractivity contribution in [3.05, 3.63) is 0 Å². The van der Waals surface area contributed by atoms with E-state index in [9.17, 15) is 0 Å². The molecule has 0 spiro atoms. The summed E-state index contributed by atoms with van der Waals surface area (Å²) in [6.07, 6.45) is 10.1. The number of halogens is 1. The molecule has 3 heteroatoms. The number of hydrogen-bond donors (Lipinski definition) is 0. The summed E-state index contributed by atoms with van der Waals surface area (Å²) >= 11 is 3.80. The van der Waals surface area contributed by atoms with E-state index in [4.69, 9.17) is 0 Å². The van der Waals surface area contributed by atoms with Crippen LogP contribution in [0.3, 0.4) is 0 Å². The first kappa shape index (κ1) is 14.3. The van der Waals surface area contributed by atoms with Gasteiger partial charge in [-0.05, 0) is 63.6 Å². The fourth-order valence-electron chi connectivity index (χ4n) is 4.80. The third kappa shape index (κ3) is 3.03. The summed E-state index contributed by atoms with van der Waals surface area (Å²) in [4.78, 5) is 5.42. The molecule has 110 valence electrons. The van der Waals surface area contributed by atoms with Crippen LogP contribution in [-0.4, -0.2) is 54.4 Å². The van der Waals surface area contributed by atoms with Crippen molar-refractivity contribution < 1.29 is 0 Å². The topological polar surface area (TPSA) is 6.48 Å². The molecule has 0 aromatic carbocycles. The quantitative estimate of drug-likeness (QED) is 0.733. The molecule has 0 radical (unpaired) electrons. The van der Waals surface area contributed by atoms with Gasteiger partial charge in [0.2, 0.25) is 0 Å². The largest absolute Gasteiger partial charge is 0.303 e. The van der Waals surface area contributed by atoms with Gasteiger partial charge in [0.25, 0.3) is 0 Å². The molecule has 3 fully saturated rings. The van der Waals surface area contributed by atoms with Crippen LogP contribution >= 0.6 is 15.9 Å². The van der Waals surface area contributed by atoms with Gasteiger partial charge < -0.3 is 9.80 Å². The minimum atomic E-state index is 0.605. The highest BCUT2D eigenvalue weighted by Crippen LogP contribution is 2.41. The Kier molecular flexibility index (Phi) is 4.55. The highest BCUT2D eigenvalue weighted by Gasteiger charge is 2.39. The molecule has 2 atom stereocenters. The predicted molar refractivity (Wildman–Crippen MR) is 84.9 cm³/mol. The van der Waals surface area contributed by atoms with E-state index in [0.29, 0.717) is 5.41 Å². The zero-order valence-electron chi connectivity index (χ0n) is 12.4. The maximum absolute atomic E-state index is 3.80. The zero-order chi connectivity index (χ0) is 13.3. The first-order valence-electron chi connectivity index (χ1n) is 8.21. The van der Waals surface area contributed by atoms with Crippen LogP contribution in [0.4, 0.5) is 0 Å². The molecule has 0 N–H and O–H groups in total. The Hall–Kier alpha value is 0.400. The Morgan fingerprint density at radius 2 is 1.89 bits per heavy atom. The number of fused-ring (bicyclic) bond motifs is 1. The van der Waals surface area contributed by atoms with Crippen LogP contribution in [0.15, 0.2) is 0 Å². The van der Waals surface area contributed by atoms with Gasteiger partial charge in [-0.2, -0.15) is 0 Å². The van der Waals surface area contributed by atoms with Gasteiger partial charge in [0.1, 0.15) is 0 Å². The Morgan fingerprint density at radius 3 is 2.63 bits per heavy atom. The molecule has 0 amide bonds. The van der Waals surface area contributed by atoms with Gasteiger partial charge in [0.05, 0.1) is 0 Å². The molecule has 2 heterocycles. The summed E-state index contributed by atoms with van der Waals surface area (Å²) in [5.74, 6) is 0.946. The van der Waals surface area contributed by atoms with Crippen molar-refractivity contribution in [3.63, 3.8) is 0 Å². The number of likely N-dealkylation sites (tertiary alicyclic amines) is 2. The van der Waals surface area contributed by atoms with Gasteiger partial charge in [-0.3, -0.25) is 0 Å². The van der Waals surface area contributed by atoms with Crippen LogP contribution in [-0.2, 0) is 0 Å². The lowest BCUT2D eigenvalue weighted by Crippen LogP contribution is -2.54. The molecule has 3 aliphatic rings. The number of alkyl halides is 1. The van der Waals surface area contributed by atoms with Gasteiger partial charge in [-0.25, -0.2) is 0 Å². The van der Waals surface area contributed by atoms with Crippen LogP contribution in [0.5, 0.6) is 0 Å². The molecule has 2 nitrogen and oxygen atoms in total. The lowest BCUT2D eigenvalue weighted by Gasteiger charge is -2.47. The molecule has 1 aliphatic carbocycles. The maximum atomic E-state index is 3.80. The fourth-order valence-corrected chi connectivity index (χ4v) is 5.54. The van der Waals surface area contributed by atoms with E-state index in [0.717, 1.165) is 12.0 Å². The second-order valence-electron chi connectivity index (χ2n) is 7.31. The maximum Gasteiger partial charge on any atom is 0.0145 e. The Morgan fingerprint density at radius 1 is 1.11 bits per heavy atom. The van der Waals surface area contributed by atoms with E-state index < -0.39 is 0 Å². The highest BCUT2D eigenvalue weighted by atomic mass is 79.9. The van der Waals surface area contributed by atoms with Crippen LogP contribution in [0.1, 0.15) is 44.9 Å². The second kappa shape index (κ2) is 6.03. The summed E-state index contributed by atoms with van der Waals surface area (Å²) in [5.41, 5.74) is 0.605. The van der Waals surface area contributed by atoms with Crippen molar-refractivity contribution in [1.82, 2.24) is 9.80 Å². The van der Waals surface area contributed by atoms with Crippen molar-refractivity contribution >= 4 is 15.9 Å². The average Bonchev–Trinajstić information content (AvgIpc) is 2.88. The lowest BCUT2D eigenvalue weighted by molar-refractivity contribution is 0.0232. The molecule has 3 rings (SSSR count). The van der Waals surface area contributed by atoms with Crippen LogP contribution in [0.2, 0.25) is 0 Å². The average molecular weight is 329 g/mol. The van der Waals surface area contributed by atoms with Crippen molar-refractivity contribution in [2.75, 3.05) is 38.6 Å². The summed E-state index contributed by atoms with van der Waals surface area (Å²) in [6.45, 7) is 5.38. The van der Waals surface area contributed by atoms with E-state index in [1.807, 2.05) is 0 Å². The third-order valence-electron chi connectivity index (χ3n) is 5.94. The van der Waals surface area contributed by atoms with Gasteiger partial charge in [-0.1, -0.05) is 28.8 Å². The summed E-state index contributed by atoms with van der Waals surface area (Å²) in [7, 11) is 2.34. The van der Waals surface area contributed by atoms with Crippen molar-refractivity contribution in [3.8, 4) is 0 Å². The number of hydrogen-bond acceptors (Lipinski definition) is 2. The number of piperidine rings is 2. The number of nitrogens with zero attached hydrogens (tertiary/aromatic N) is 2. The summed E-state index contributed by atoms with van der Waals surface area (Å²) in [5, 5.41) is 1.21. The van der Waals surface area contributed by atoms with Gasteiger partial charge >= 0.3 is 0 Å². The Bertz CT molecular complexity index is 301. The Labute approximate surface area is 127 Å². The summed E-state index contributed by atoms with van der Waals surface area (Å²) in [6, 6.07) is 0.883. The molecule has 1 saturated carbocycles. The van der Waals surface area contributed by atoms with E-state index in [1.165, 1.54) is 76.5 Å². The highest BCUT2D eigenvalue weighted by molar-refractivity contribution is 9.09. The van der Waals surface area contributed by atoms with E-state index in [1.54, 1.807) is 0 Å². The molecule has 19 heavy (non-hydrogen) atoms. The third-order valence-corrected chi connectivity index (χ3v) is 7.13. The van der Waals surface area contributed by atoms with E-state index in [-0.39, 0.29) is 0 Å². The smallest absolute Gasteiger partial charge is 0.0145 e. The molecule has 0 aromatic heterocycles. The van der Waals surface area contributed by atoms with Crippen molar-refractivity contribution in [2.45, 2.75) is 51.0 Å². The number of rotatable bonds is 3. The van der Waals surface area contributed by atoms with Crippen LogP contribution < -0.4 is 0 Å².